The van der Waals surface area contributed by atoms with Gasteiger partial charge in [-0.15, -0.1) is 0 Å². The van der Waals surface area contributed by atoms with Gasteiger partial charge in [-0.05, 0) is 36.4 Å². The summed E-state index contributed by atoms with van der Waals surface area (Å²) in [5.74, 6) is -2.01. The molecular weight excluding hydrogens is 395 g/mol. The van der Waals surface area contributed by atoms with Crippen molar-refractivity contribution in [2.75, 3.05) is 5.32 Å². The molecule has 11 heteroatoms. The van der Waals surface area contributed by atoms with Crippen LogP contribution in [0.3, 0.4) is 0 Å². The molecule has 0 aliphatic heterocycles. The van der Waals surface area contributed by atoms with Crippen LogP contribution in [-0.2, 0) is 0 Å². The van der Waals surface area contributed by atoms with Gasteiger partial charge >= 0.3 is 11.4 Å². The fourth-order valence-corrected chi connectivity index (χ4v) is 2.51. The van der Waals surface area contributed by atoms with E-state index in [1.54, 1.807) is 0 Å². The van der Waals surface area contributed by atoms with Crippen molar-refractivity contribution in [2.45, 2.75) is 0 Å². The van der Waals surface area contributed by atoms with Crippen LogP contribution >= 0.6 is 11.6 Å². The second-order valence-corrected chi connectivity index (χ2v) is 5.94. The molecule has 0 saturated carbocycles. The van der Waals surface area contributed by atoms with Gasteiger partial charge in [-0.3, -0.25) is 19.7 Å². The SMILES string of the molecule is O=C(Nc1ccc(F)c([N+](=O)[O-])c1)c1c[nH]c(=O)n(-c2ccc(Cl)cc2)c1=O. The van der Waals surface area contributed by atoms with E-state index in [0.29, 0.717) is 5.02 Å². The predicted molar refractivity (Wildman–Crippen MR) is 98.7 cm³/mol. The third kappa shape index (κ3) is 3.67. The van der Waals surface area contributed by atoms with E-state index in [1.165, 1.54) is 24.3 Å². The van der Waals surface area contributed by atoms with Crippen LogP contribution in [0, 0.1) is 15.9 Å². The first kappa shape index (κ1) is 19.0. The Balaban J connectivity index is 2.00. The van der Waals surface area contributed by atoms with Crippen LogP contribution in [-0.4, -0.2) is 20.4 Å². The predicted octanol–water partition coefficient (Wildman–Crippen LogP) is 2.48. The molecular formula is C17H10ClFN4O5. The molecule has 1 amide bonds. The third-order valence-electron chi connectivity index (χ3n) is 3.71. The highest BCUT2D eigenvalue weighted by Crippen LogP contribution is 2.21. The van der Waals surface area contributed by atoms with E-state index < -0.39 is 39.1 Å². The number of amides is 1. The molecule has 9 nitrogen and oxygen atoms in total. The minimum absolute atomic E-state index is 0.0956. The van der Waals surface area contributed by atoms with Crippen LogP contribution in [0.1, 0.15) is 10.4 Å². The number of H-pyrrole nitrogens is 1. The highest BCUT2D eigenvalue weighted by atomic mass is 35.5. The molecule has 1 heterocycles. The first-order valence-electron chi connectivity index (χ1n) is 7.64. The van der Waals surface area contributed by atoms with Crippen LogP contribution in [0.15, 0.2) is 58.3 Å². The summed E-state index contributed by atoms with van der Waals surface area (Å²) < 4.78 is 14.1. The summed E-state index contributed by atoms with van der Waals surface area (Å²) in [6.45, 7) is 0. The first-order valence-corrected chi connectivity index (χ1v) is 8.01. The number of nitrogens with one attached hydrogen (secondary N) is 2. The number of nitrogens with zero attached hydrogens (tertiary/aromatic N) is 2. The number of hydrogen-bond acceptors (Lipinski definition) is 5. The lowest BCUT2D eigenvalue weighted by molar-refractivity contribution is -0.387. The second kappa shape index (κ2) is 7.45. The maximum Gasteiger partial charge on any atom is 0.333 e. The molecule has 3 aromatic rings. The quantitative estimate of drug-likeness (QED) is 0.510. The molecule has 3 rings (SSSR count). The summed E-state index contributed by atoms with van der Waals surface area (Å²) in [5.41, 5.74) is -2.87. The molecule has 0 aliphatic carbocycles. The standard InChI is InChI=1S/C17H10ClFN4O5/c18-9-1-4-11(5-2-9)22-16(25)12(8-20-17(22)26)15(24)21-10-3-6-13(19)14(7-10)23(27)28/h1-8H,(H,20,26)(H,21,24). The number of hydrogen-bond donors (Lipinski definition) is 2. The van der Waals surface area contributed by atoms with Gasteiger partial charge in [0.25, 0.3) is 11.5 Å². The van der Waals surface area contributed by atoms with E-state index in [-0.39, 0.29) is 11.4 Å². The molecule has 0 aliphatic rings. The molecule has 2 aromatic carbocycles. The third-order valence-corrected chi connectivity index (χ3v) is 3.96. The smallest absolute Gasteiger partial charge is 0.322 e. The van der Waals surface area contributed by atoms with E-state index in [2.05, 4.69) is 10.3 Å². The van der Waals surface area contributed by atoms with Gasteiger partial charge in [0.2, 0.25) is 5.82 Å². The molecule has 0 radical (unpaired) electrons. The highest BCUT2D eigenvalue weighted by molar-refractivity contribution is 6.30. The van der Waals surface area contributed by atoms with Gasteiger partial charge in [0.1, 0.15) is 5.56 Å². The van der Waals surface area contributed by atoms with Crippen LogP contribution in [0.2, 0.25) is 5.02 Å². The minimum Gasteiger partial charge on any atom is -0.322 e. The van der Waals surface area contributed by atoms with Crippen LogP contribution in [0.5, 0.6) is 0 Å². The minimum atomic E-state index is -1.07. The number of benzene rings is 2. The molecule has 28 heavy (non-hydrogen) atoms. The Morgan fingerprint density at radius 1 is 1.18 bits per heavy atom. The number of nitro benzene ring substituents is 1. The summed E-state index contributed by atoms with van der Waals surface area (Å²) >= 11 is 5.78. The van der Waals surface area contributed by atoms with Crippen LogP contribution in [0.25, 0.3) is 5.69 Å². The number of carbonyl (C=O) groups excluding carboxylic acids is 1. The largest absolute Gasteiger partial charge is 0.333 e. The van der Waals surface area contributed by atoms with Gasteiger partial charge in [-0.25, -0.2) is 9.36 Å². The zero-order valence-electron chi connectivity index (χ0n) is 13.8. The summed E-state index contributed by atoms with van der Waals surface area (Å²) in [6, 6.07) is 8.50. The monoisotopic (exact) mass is 404 g/mol. The number of anilines is 1. The van der Waals surface area contributed by atoms with E-state index >= 15 is 0 Å². The molecule has 0 atom stereocenters. The Morgan fingerprint density at radius 3 is 2.50 bits per heavy atom. The highest BCUT2D eigenvalue weighted by Gasteiger charge is 2.19. The van der Waals surface area contributed by atoms with Crippen molar-refractivity contribution in [3.8, 4) is 5.69 Å². The first-order chi connectivity index (χ1) is 13.3. The van der Waals surface area contributed by atoms with Crippen LogP contribution < -0.4 is 16.6 Å². The summed E-state index contributed by atoms with van der Waals surface area (Å²) in [4.78, 5) is 49.2. The number of halogens is 2. The van der Waals surface area contributed by atoms with E-state index in [0.717, 1.165) is 29.0 Å². The molecule has 0 saturated heterocycles. The van der Waals surface area contributed by atoms with Gasteiger partial charge in [0.05, 0.1) is 10.6 Å². The molecule has 2 N–H and O–H groups in total. The van der Waals surface area contributed by atoms with Gasteiger partial charge in [-0.2, -0.15) is 4.39 Å². The molecule has 0 bridgehead atoms. The van der Waals surface area contributed by atoms with Gasteiger partial charge in [-0.1, -0.05) is 11.6 Å². The zero-order chi connectivity index (χ0) is 20.4. The second-order valence-electron chi connectivity index (χ2n) is 5.50. The number of aromatic amines is 1. The Morgan fingerprint density at radius 2 is 1.86 bits per heavy atom. The summed E-state index contributed by atoms with van der Waals surface area (Å²) in [5, 5.41) is 13.4. The van der Waals surface area contributed by atoms with Crippen molar-refractivity contribution in [1.29, 1.82) is 0 Å². The van der Waals surface area contributed by atoms with E-state index in [9.17, 15) is 28.9 Å². The number of rotatable bonds is 4. The zero-order valence-corrected chi connectivity index (χ0v) is 14.6. The Hall–Kier alpha value is -3.79. The van der Waals surface area contributed by atoms with Crippen molar-refractivity contribution in [3.05, 3.63) is 96.0 Å². The maximum absolute atomic E-state index is 13.4. The van der Waals surface area contributed by atoms with Crippen molar-refractivity contribution in [3.63, 3.8) is 0 Å². The summed E-state index contributed by atoms with van der Waals surface area (Å²) in [7, 11) is 0. The van der Waals surface area contributed by atoms with Gasteiger partial charge in [0.15, 0.2) is 0 Å². The Kier molecular flexibility index (Phi) is 5.05. The van der Waals surface area contributed by atoms with Crippen molar-refractivity contribution in [1.82, 2.24) is 9.55 Å². The Labute approximate surface area is 160 Å². The van der Waals surface area contributed by atoms with Crippen molar-refractivity contribution in [2.24, 2.45) is 0 Å². The van der Waals surface area contributed by atoms with Gasteiger partial charge in [0, 0.05) is 23.0 Å². The number of aromatic nitrogens is 2. The lowest BCUT2D eigenvalue weighted by Gasteiger charge is -2.08. The number of nitro groups is 1. The average molecular weight is 405 g/mol. The molecule has 0 fully saturated rings. The molecule has 142 valence electrons. The van der Waals surface area contributed by atoms with Crippen molar-refractivity contribution < 1.29 is 14.1 Å². The average Bonchev–Trinajstić information content (AvgIpc) is 2.64. The summed E-state index contributed by atoms with van der Waals surface area (Å²) in [6.07, 6.45) is 0.921. The lowest BCUT2D eigenvalue weighted by atomic mass is 10.2. The molecule has 0 unspecified atom stereocenters. The lowest BCUT2D eigenvalue weighted by Crippen LogP contribution is -2.38. The fourth-order valence-electron chi connectivity index (χ4n) is 2.39. The van der Waals surface area contributed by atoms with E-state index in [4.69, 9.17) is 11.6 Å². The van der Waals surface area contributed by atoms with Gasteiger partial charge < -0.3 is 10.3 Å². The molecule has 1 aromatic heterocycles. The van der Waals surface area contributed by atoms with Crippen molar-refractivity contribution >= 4 is 28.9 Å². The normalized spacial score (nSPS) is 10.5. The van der Waals surface area contributed by atoms with E-state index in [1.807, 2.05) is 0 Å². The Bertz CT molecular complexity index is 1200. The number of carbonyl (C=O) groups is 1. The fraction of sp³-hybridized carbons (Fsp3) is 0. The maximum atomic E-state index is 13.4. The molecule has 0 spiro atoms. The topological polar surface area (TPSA) is 127 Å². The van der Waals surface area contributed by atoms with Crippen LogP contribution in [0.4, 0.5) is 15.8 Å².